The molecule has 0 aliphatic rings. The Bertz CT molecular complexity index is 448. The lowest BCUT2D eigenvalue weighted by Crippen LogP contribution is -1.89. The van der Waals surface area contributed by atoms with Gasteiger partial charge in [-0.3, -0.25) is 4.98 Å². The molecule has 0 saturated carbocycles. The third kappa shape index (κ3) is 2.18. The van der Waals surface area contributed by atoms with E-state index < -0.39 is 0 Å². The second-order valence-corrected chi connectivity index (χ2v) is 3.93. The van der Waals surface area contributed by atoms with Crippen LogP contribution in [0.2, 0.25) is 5.35 Å². The smallest absolute Gasteiger partial charge is 0.292 e. The number of hydrogen-bond donors (Lipinski definition) is 0. The quantitative estimate of drug-likeness (QED) is 0.781. The van der Waals surface area contributed by atoms with Crippen molar-refractivity contribution in [3.05, 3.63) is 35.4 Å². The number of nitrogens with zero attached hydrogens (tertiary/aromatic N) is 2. The molecule has 0 unspecified atom stereocenters. The Morgan fingerprint density at radius 3 is 2.47 bits per heavy atom. The minimum atomic E-state index is 0.139. The summed E-state index contributed by atoms with van der Waals surface area (Å²) >= 11 is 5.59. The monoisotopic (exact) mass is 222 g/mol. The molecule has 2 aromatic rings. The number of halogens is 1. The maximum Gasteiger partial charge on any atom is 0.292 e. The average molecular weight is 223 g/mol. The molecule has 0 atom stereocenters. The summed E-state index contributed by atoms with van der Waals surface area (Å²) in [5.41, 5.74) is 1.95. The van der Waals surface area contributed by atoms with Gasteiger partial charge in [-0.05, 0) is 29.1 Å². The van der Waals surface area contributed by atoms with Crippen molar-refractivity contribution >= 4 is 11.6 Å². The Kier molecular flexibility index (Phi) is 2.73. The Morgan fingerprint density at radius 2 is 2.00 bits per heavy atom. The number of oxazole rings is 1. The number of pyridine rings is 1. The molecule has 15 heavy (non-hydrogen) atoms. The van der Waals surface area contributed by atoms with Crippen LogP contribution in [0.15, 0.2) is 28.9 Å². The summed E-state index contributed by atoms with van der Waals surface area (Å²) < 4.78 is 5.16. The summed E-state index contributed by atoms with van der Waals surface area (Å²) in [6.07, 6.45) is 3.41. The first-order valence-electron chi connectivity index (χ1n) is 4.74. The largest absolute Gasteiger partial charge is 0.426 e. The van der Waals surface area contributed by atoms with Crippen molar-refractivity contribution in [2.24, 2.45) is 0 Å². The van der Waals surface area contributed by atoms with E-state index in [1.54, 1.807) is 6.20 Å². The molecule has 2 rings (SSSR count). The molecule has 78 valence electrons. The van der Waals surface area contributed by atoms with Crippen LogP contribution in [0.4, 0.5) is 0 Å². The van der Waals surface area contributed by atoms with E-state index in [9.17, 15) is 0 Å². The Morgan fingerprint density at radius 1 is 1.20 bits per heavy atom. The van der Waals surface area contributed by atoms with Crippen LogP contribution in [0.5, 0.6) is 0 Å². The highest BCUT2D eigenvalue weighted by molar-refractivity contribution is 6.27. The fraction of sp³-hybridized carbons (Fsp3) is 0.273. The van der Waals surface area contributed by atoms with Gasteiger partial charge in [-0.2, -0.15) is 0 Å². The zero-order valence-corrected chi connectivity index (χ0v) is 9.32. The molecule has 0 saturated heterocycles. The molecule has 3 nitrogen and oxygen atoms in total. The summed E-state index contributed by atoms with van der Waals surface area (Å²) in [5.74, 6) is 1.07. The summed E-state index contributed by atoms with van der Waals surface area (Å²) in [6.45, 7) is 4.25. The maximum absolute atomic E-state index is 5.59. The number of rotatable bonds is 2. The third-order valence-corrected chi connectivity index (χ3v) is 2.36. The highest BCUT2D eigenvalue weighted by Gasteiger charge is 2.06. The fourth-order valence-corrected chi connectivity index (χ4v) is 1.40. The van der Waals surface area contributed by atoms with Crippen molar-refractivity contribution < 1.29 is 4.42 Å². The van der Waals surface area contributed by atoms with Crippen LogP contribution >= 0.6 is 11.6 Å². The Balaban J connectivity index is 2.31. The van der Waals surface area contributed by atoms with Gasteiger partial charge >= 0.3 is 0 Å². The van der Waals surface area contributed by atoms with E-state index >= 15 is 0 Å². The first-order valence-corrected chi connectivity index (χ1v) is 5.12. The van der Waals surface area contributed by atoms with Crippen LogP contribution in [0.1, 0.15) is 25.3 Å². The predicted octanol–water partition coefficient (Wildman–Crippen LogP) is 3.51. The van der Waals surface area contributed by atoms with E-state index in [2.05, 4.69) is 23.8 Å². The molecule has 0 aliphatic carbocycles. The van der Waals surface area contributed by atoms with E-state index in [-0.39, 0.29) is 5.35 Å². The molecule has 0 aliphatic heterocycles. The van der Waals surface area contributed by atoms with Gasteiger partial charge in [0.15, 0.2) is 5.76 Å². The zero-order valence-electron chi connectivity index (χ0n) is 8.57. The van der Waals surface area contributed by atoms with Gasteiger partial charge in [-0.15, -0.1) is 0 Å². The Labute approximate surface area is 93.1 Å². The topological polar surface area (TPSA) is 38.9 Å². The van der Waals surface area contributed by atoms with Crippen LogP contribution < -0.4 is 0 Å². The van der Waals surface area contributed by atoms with Gasteiger partial charge in [0, 0.05) is 6.20 Å². The van der Waals surface area contributed by atoms with Crippen molar-refractivity contribution in [2.75, 3.05) is 0 Å². The molecule has 4 heteroatoms. The van der Waals surface area contributed by atoms with E-state index in [1.165, 1.54) is 5.56 Å². The summed E-state index contributed by atoms with van der Waals surface area (Å²) in [4.78, 5) is 8.10. The molecule has 0 aromatic carbocycles. The third-order valence-electron chi connectivity index (χ3n) is 2.18. The van der Waals surface area contributed by atoms with E-state index in [1.807, 2.05) is 18.3 Å². The lowest BCUT2D eigenvalue weighted by atomic mass is 10.1. The summed E-state index contributed by atoms with van der Waals surface area (Å²) in [6, 6.07) is 3.94. The Hall–Kier alpha value is -1.35. The summed E-state index contributed by atoms with van der Waals surface area (Å²) in [7, 11) is 0. The highest BCUT2D eigenvalue weighted by Crippen LogP contribution is 2.22. The lowest BCUT2D eigenvalue weighted by Gasteiger charge is -2.04. The zero-order chi connectivity index (χ0) is 10.8. The lowest BCUT2D eigenvalue weighted by molar-refractivity contribution is 0.572. The van der Waals surface area contributed by atoms with Crippen LogP contribution in [0, 0.1) is 0 Å². The molecular formula is C11H11ClN2O. The highest BCUT2D eigenvalue weighted by atomic mass is 35.5. The number of aromatic nitrogens is 2. The van der Waals surface area contributed by atoms with Crippen LogP contribution in [0.3, 0.4) is 0 Å². The first-order chi connectivity index (χ1) is 7.16. The molecule has 0 radical (unpaired) electrons. The average Bonchev–Trinajstić information content (AvgIpc) is 2.65. The van der Waals surface area contributed by atoms with Crippen LogP contribution in [-0.4, -0.2) is 9.97 Å². The second-order valence-electron chi connectivity index (χ2n) is 3.61. The van der Waals surface area contributed by atoms with Gasteiger partial charge in [0.1, 0.15) is 5.69 Å². The standard InChI is InChI=1S/C11H11ClN2O/c1-7(2)8-3-4-9(13-5-8)10-6-14-11(12)15-10/h3-7H,1-2H3. The van der Waals surface area contributed by atoms with Gasteiger partial charge in [0.2, 0.25) is 0 Å². The van der Waals surface area contributed by atoms with Crippen molar-refractivity contribution in [1.29, 1.82) is 0 Å². The predicted molar refractivity (Wildman–Crippen MR) is 58.8 cm³/mol. The molecule has 0 bridgehead atoms. The molecule has 0 spiro atoms. The minimum absolute atomic E-state index is 0.139. The van der Waals surface area contributed by atoms with Crippen molar-refractivity contribution in [2.45, 2.75) is 19.8 Å². The van der Waals surface area contributed by atoms with E-state index in [4.69, 9.17) is 16.0 Å². The molecule has 0 amide bonds. The first kappa shape index (κ1) is 10.2. The molecule has 0 N–H and O–H groups in total. The maximum atomic E-state index is 5.59. The van der Waals surface area contributed by atoms with Crippen LogP contribution in [-0.2, 0) is 0 Å². The second kappa shape index (κ2) is 4.03. The van der Waals surface area contributed by atoms with Gasteiger partial charge in [-0.25, -0.2) is 4.98 Å². The number of hydrogen-bond acceptors (Lipinski definition) is 3. The molecule has 2 heterocycles. The van der Waals surface area contributed by atoms with Crippen LogP contribution in [0.25, 0.3) is 11.5 Å². The minimum Gasteiger partial charge on any atom is -0.426 e. The van der Waals surface area contributed by atoms with Crippen molar-refractivity contribution in [3.63, 3.8) is 0 Å². The molecule has 2 aromatic heterocycles. The van der Waals surface area contributed by atoms with Gasteiger partial charge < -0.3 is 4.42 Å². The van der Waals surface area contributed by atoms with Crippen molar-refractivity contribution in [3.8, 4) is 11.5 Å². The van der Waals surface area contributed by atoms with Gasteiger partial charge in [0.25, 0.3) is 5.35 Å². The van der Waals surface area contributed by atoms with Crippen molar-refractivity contribution in [1.82, 2.24) is 9.97 Å². The van der Waals surface area contributed by atoms with Gasteiger partial charge in [-0.1, -0.05) is 19.9 Å². The molecule has 0 fully saturated rings. The van der Waals surface area contributed by atoms with E-state index in [0.29, 0.717) is 11.7 Å². The summed E-state index contributed by atoms with van der Waals surface area (Å²) in [5, 5.41) is 0.139. The SMILES string of the molecule is CC(C)c1ccc(-c2cnc(Cl)o2)nc1. The van der Waals surface area contributed by atoms with E-state index in [0.717, 1.165) is 5.69 Å². The normalized spacial score (nSPS) is 10.9. The van der Waals surface area contributed by atoms with Gasteiger partial charge in [0.05, 0.1) is 6.20 Å². The fourth-order valence-electron chi connectivity index (χ4n) is 1.26. The molecular weight excluding hydrogens is 212 g/mol.